The maximum Gasteiger partial charge on any atom is 0.143 e. The van der Waals surface area contributed by atoms with Gasteiger partial charge in [-0.1, -0.05) is 159 Å². The van der Waals surface area contributed by atoms with E-state index in [1.165, 1.54) is 38.6 Å². The Balaban J connectivity index is 1.08. The van der Waals surface area contributed by atoms with Gasteiger partial charge in [0.2, 0.25) is 0 Å². The van der Waals surface area contributed by atoms with Crippen molar-refractivity contribution in [2.75, 3.05) is 4.90 Å². The molecule has 0 aliphatic heterocycles. The highest BCUT2D eigenvalue weighted by atomic mass is 16.3. The van der Waals surface area contributed by atoms with Crippen LogP contribution in [0.2, 0.25) is 0 Å². The topological polar surface area (TPSA) is 29.5 Å². The number of fused-ring (bicyclic) bond motifs is 12. The molecular weight excluding hydrogens is 755 g/mol. The van der Waals surface area contributed by atoms with E-state index in [-0.39, 0.29) is 5.41 Å². The van der Waals surface area contributed by atoms with Crippen LogP contribution in [0.15, 0.2) is 209 Å². The first-order valence-corrected chi connectivity index (χ1v) is 21.4. The average Bonchev–Trinajstić information content (AvgIpc) is 3.97. The summed E-state index contributed by atoms with van der Waals surface area (Å²) in [6, 6.07) is 72.2. The van der Waals surface area contributed by atoms with Gasteiger partial charge in [-0.15, -0.1) is 0 Å². The molecule has 1 aliphatic carbocycles. The zero-order chi connectivity index (χ0) is 41.1. The van der Waals surface area contributed by atoms with Crippen molar-refractivity contribution in [3.05, 3.63) is 211 Å². The number of hydrogen-bond donors (Lipinski definition) is 0. The fourth-order valence-corrected chi connectivity index (χ4v) is 10.6. The van der Waals surface area contributed by atoms with Crippen molar-refractivity contribution in [2.24, 2.45) is 0 Å². The molecule has 0 spiro atoms. The summed E-state index contributed by atoms with van der Waals surface area (Å²) >= 11 is 0. The van der Waals surface area contributed by atoms with Crippen LogP contribution in [-0.2, 0) is 5.41 Å². The zero-order valence-corrected chi connectivity index (χ0v) is 34.3. The van der Waals surface area contributed by atoms with Gasteiger partial charge in [-0.05, 0) is 110 Å². The smallest absolute Gasteiger partial charge is 0.143 e. The summed E-state index contributed by atoms with van der Waals surface area (Å²) in [5.41, 5.74) is 16.4. The summed E-state index contributed by atoms with van der Waals surface area (Å²) in [5.74, 6) is 0. The minimum Gasteiger partial charge on any atom is -0.455 e. The first-order valence-electron chi connectivity index (χ1n) is 21.4. The molecule has 0 N–H and O–H groups in total. The molecule has 0 amide bonds. The van der Waals surface area contributed by atoms with Crippen molar-refractivity contribution >= 4 is 82.5 Å². The minimum absolute atomic E-state index is 0.141. The third-order valence-corrected chi connectivity index (χ3v) is 13.5. The molecule has 0 saturated carbocycles. The zero-order valence-electron chi connectivity index (χ0n) is 34.3. The molecule has 3 heteroatoms. The van der Waals surface area contributed by atoms with Gasteiger partial charge in [-0.3, -0.25) is 0 Å². The third-order valence-electron chi connectivity index (χ3n) is 13.5. The van der Waals surface area contributed by atoms with Gasteiger partial charge in [0.05, 0.1) is 11.1 Å². The summed E-state index contributed by atoms with van der Waals surface area (Å²) < 4.78 is 13.9. The Morgan fingerprint density at radius 2 is 0.984 bits per heavy atom. The molecule has 62 heavy (non-hydrogen) atoms. The first-order chi connectivity index (χ1) is 30.5. The lowest BCUT2D eigenvalue weighted by atomic mass is 9.82. The molecule has 0 bridgehead atoms. The van der Waals surface area contributed by atoms with Crippen molar-refractivity contribution in [1.82, 2.24) is 0 Å². The lowest BCUT2D eigenvalue weighted by Gasteiger charge is -2.28. The standard InChI is InChI=1S/C59H39NO2/c1-59(2)50-26-12-10-22-42(50)43-31-30-38(34-51(43)59)60(37-18-4-3-5-19-37)52-27-15-29-54-56(52)49-35-48(41-21-8-9-23-45(41)57(49)62-54)46-33-32-44(40-25-14-17-36-16-6-7-20-39(36)40)55-47-24-11-13-28-53(47)61-58(46)55/h3-35H,1-2H3. The number of benzene rings is 10. The van der Waals surface area contributed by atoms with E-state index >= 15 is 0 Å². The molecule has 10 aromatic carbocycles. The third kappa shape index (κ3) is 4.94. The molecule has 13 rings (SSSR count). The van der Waals surface area contributed by atoms with Crippen LogP contribution in [0.5, 0.6) is 0 Å². The van der Waals surface area contributed by atoms with Gasteiger partial charge in [-0.25, -0.2) is 0 Å². The highest BCUT2D eigenvalue weighted by molar-refractivity contribution is 6.25. The van der Waals surface area contributed by atoms with Gasteiger partial charge in [0.25, 0.3) is 0 Å². The normalized spacial score (nSPS) is 13.1. The maximum absolute atomic E-state index is 6.97. The van der Waals surface area contributed by atoms with Gasteiger partial charge in [-0.2, -0.15) is 0 Å². The number of nitrogens with zero attached hydrogens (tertiary/aromatic N) is 1. The first kappa shape index (κ1) is 34.9. The molecule has 0 saturated heterocycles. The number of hydrogen-bond acceptors (Lipinski definition) is 3. The van der Waals surface area contributed by atoms with Gasteiger partial charge in [0.15, 0.2) is 0 Å². The van der Waals surface area contributed by atoms with Gasteiger partial charge >= 0.3 is 0 Å². The van der Waals surface area contributed by atoms with E-state index in [4.69, 9.17) is 8.83 Å². The van der Waals surface area contributed by atoms with Crippen LogP contribution in [0.3, 0.4) is 0 Å². The van der Waals surface area contributed by atoms with Crippen molar-refractivity contribution in [1.29, 1.82) is 0 Å². The molecule has 0 radical (unpaired) electrons. The molecule has 0 fully saturated rings. The summed E-state index contributed by atoms with van der Waals surface area (Å²) in [7, 11) is 0. The summed E-state index contributed by atoms with van der Waals surface area (Å²) in [6.45, 7) is 4.69. The Morgan fingerprint density at radius 1 is 0.355 bits per heavy atom. The molecule has 2 aromatic heterocycles. The highest BCUT2D eigenvalue weighted by Gasteiger charge is 2.36. The molecule has 0 atom stereocenters. The number of furan rings is 2. The predicted molar refractivity (Wildman–Crippen MR) is 259 cm³/mol. The van der Waals surface area contributed by atoms with Crippen LogP contribution < -0.4 is 4.90 Å². The fourth-order valence-electron chi connectivity index (χ4n) is 10.6. The van der Waals surface area contributed by atoms with Crippen LogP contribution in [0, 0.1) is 0 Å². The van der Waals surface area contributed by atoms with Crippen LogP contribution in [-0.4, -0.2) is 0 Å². The Bertz CT molecular complexity index is 3790. The van der Waals surface area contributed by atoms with E-state index in [0.29, 0.717) is 0 Å². The van der Waals surface area contributed by atoms with Crippen LogP contribution >= 0.6 is 0 Å². The predicted octanol–water partition coefficient (Wildman–Crippen LogP) is 16.9. The van der Waals surface area contributed by atoms with E-state index in [2.05, 4.69) is 219 Å². The number of para-hydroxylation sites is 2. The summed E-state index contributed by atoms with van der Waals surface area (Å²) in [5, 5.41) is 8.95. The van der Waals surface area contributed by atoms with Gasteiger partial charge in [0.1, 0.15) is 22.3 Å². The van der Waals surface area contributed by atoms with Gasteiger partial charge < -0.3 is 13.7 Å². The quantitative estimate of drug-likeness (QED) is 0.174. The molecule has 1 aliphatic rings. The fraction of sp³-hybridized carbons (Fsp3) is 0.0508. The van der Waals surface area contributed by atoms with E-state index in [9.17, 15) is 0 Å². The number of anilines is 3. The molecule has 3 nitrogen and oxygen atoms in total. The van der Waals surface area contributed by atoms with Crippen molar-refractivity contribution in [3.63, 3.8) is 0 Å². The lowest BCUT2D eigenvalue weighted by molar-refractivity contribution is 0.660. The second-order valence-electron chi connectivity index (χ2n) is 17.2. The Hall–Kier alpha value is -7.88. The van der Waals surface area contributed by atoms with E-state index in [1.54, 1.807) is 0 Å². The Kier molecular flexibility index (Phi) is 7.36. The lowest BCUT2D eigenvalue weighted by Crippen LogP contribution is -2.16. The largest absolute Gasteiger partial charge is 0.455 e. The molecule has 12 aromatic rings. The second kappa shape index (κ2) is 13.1. The van der Waals surface area contributed by atoms with Crippen molar-refractivity contribution in [3.8, 4) is 33.4 Å². The maximum atomic E-state index is 6.97. The van der Waals surface area contributed by atoms with Gasteiger partial charge in [0, 0.05) is 43.9 Å². The van der Waals surface area contributed by atoms with E-state index in [1.807, 2.05) is 0 Å². The van der Waals surface area contributed by atoms with Crippen molar-refractivity contribution < 1.29 is 8.83 Å². The molecule has 2 heterocycles. The SMILES string of the molecule is CC1(C)c2ccccc2-c2ccc(N(c3ccccc3)c3cccc4oc5c6ccccc6c(-c6ccc(-c7cccc8ccccc78)c7c6oc6ccccc67)cc5c34)cc21. The number of rotatable bonds is 5. The molecule has 0 unspecified atom stereocenters. The second-order valence-corrected chi connectivity index (χ2v) is 17.2. The molecular formula is C59H39NO2. The minimum atomic E-state index is -0.141. The summed E-state index contributed by atoms with van der Waals surface area (Å²) in [6.07, 6.45) is 0. The monoisotopic (exact) mass is 793 g/mol. The Labute approximate surface area is 358 Å². The van der Waals surface area contributed by atoms with Crippen LogP contribution in [0.4, 0.5) is 17.1 Å². The average molecular weight is 794 g/mol. The highest BCUT2D eigenvalue weighted by Crippen LogP contribution is 2.53. The van der Waals surface area contributed by atoms with Crippen LogP contribution in [0.1, 0.15) is 25.0 Å². The van der Waals surface area contributed by atoms with E-state index < -0.39 is 0 Å². The van der Waals surface area contributed by atoms with Crippen LogP contribution in [0.25, 0.3) is 98.8 Å². The summed E-state index contributed by atoms with van der Waals surface area (Å²) in [4.78, 5) is 2.40. The van der Waals surface area contributed by atoms with E-state index in [0.717, 1.165) is 88.4 Å². The Morgan fingerprint density at radius 3 is 1.87 bits per heavy atom. The molecule has 292 valence electrons. The van der Waals surface area contributed by atoms with Crippen molar-refractivity contribution in [2.45, 2.75) is 19.3 Å².